The Morgan fingerprint density at radius 1 is 1.25 bits per heavy atom. The van der Waals surface area contributed by atoms with Crippen molar-refractivity contribution in [3.05, 3.63) is 0 Å². The first-order chi connectivity index (χ1) is 7.90. The average molecular weight is 227 g/mol. The van der Waals surface area contributed by atoms with Crippen LogP contribution in [-0.2, 0) is 4.74 Å². The van der Waals surface area contributed by atoms with Gasteiger partial charge in [-0.3, -0.25) is 9.80 Å². The van der Waals surface area contributed by atoms with E-state index in [0.29, 0.717) is 0 Å². The van der Waals surface area contributed by atoms with Crippen molar-refractivity contribution in [3.8, 4) is 0 Å². The third kappa shape index (κ3) is 3.42. The molecule has 4 heteroatoms. The molecule has 0 saturated carbocycles. The minimum absolute atomic E-state index is 0.800. The molecule has 0 aliphatic carbocycles. The van der Waals surface area contributed by atoms with Crippen LogP contribution in [0.2, 0.25) is 0 Å². The van der Waals surface area contributed by atoms with Crippen molar-refractivity contribution in [2.75, 3.05) is 59.0 Å². The molecule has 94 valence electrons. The molecule has 2 heterocycles. The highest BCUT2D eigenvalue weighted by Crippen LogP contribution is 2.11. The van der Waals surface area contributed by atoms with Crippen molar-refractivity contribution < 1.29 is 4.74 Å². The predicted molar refractivity (Wildman–Crippen MR) is 65.8 cm³/mol. The van der Waals surface area contributed by atoms with E-state index in [1.54, 1.807) is 0 Å². The highest BCUT2D eigenvalue weighted by Gasteiger charge is 2.25. The van der Waals surface area contributed by atoms with Crippen LogP contribution in [0.4, 0.5) is 0 Å². The van der Waals surface area contributed by atoms with E-state index < -0.39 is 0 Å². The highest BCUT2D eigenvalue weighted by atomic mass is 16.5. The second-order valence-corrected chi connectivity index (χ2v) is 4.72. The molecule has 4 nitrogen and oxygen atoms in total. The molecule has 1 atom stereocenters. The summed E-state index contributed by atoms with van der Waals surface area (Å²) in [5.74, 6) is 0. The van der Waals surface area contributed by atoms with Gasteiger partial charge in [0.25, 0.3) is 0 Å². The summed E-state index contributed by atoms with van der Waals surface area (Å²) in [5, 5.41) is 3.45. The molecular formula is C12H25N3O. The fraction of sp³-hybridized carbons (Fsp3) is 1.00. The zero-order chi connectivity index (χ0) is 11.2. The van der Waals surface area contributed by atoms with Crippen molar-refractivity contribution in [2.24, 2.45) is 0 Å². The minimum atomic E-state index is 0.800. The number of rotatable bonds is 5. The fourth-order valence-corrected chi connectivity index (χ4v) is 2.64. The lowest BCUT2D eigenvalue weighted by Gasteiger charge is -2.37. The van der Waals surface area contributed by atoms with Gasteiger partial charge in [-0.25, -0.2) is 0 Å². The van der Waals surface area contributed by atoms with Crippen LogP contribution < -0.4 is 5.32 Å². The van der Waals surface area contributed by atoms with Crippen LogP contribution in [-0.4, -0.2) is 74.9 Å². The van der Waals surface area contributed by atoms with Gasteiger partial charge in [-0.15, -0.1) is 0 Å². The van der Waals surface area contributed by atoms with Crippen molar-refractivity contribution in [1.82, 2.24) is 15.1 Å². The maximum Gasteiger partial charge on any atom is 0.0593 e. The zero-order valence-corrected chi connectivity index (χ0v) is 10.5. The number of ether oxygens (including phenoxy) is 1. The molecule has 0 radical (unpaired) electrons. The van der Waals surface area contributed by atoms with Crippen molar-refractivity contribution in [1.29, 1.82) is 0 Å². The maximum atomic E-state index is 5.40. The Labute approximate surface area is 98.9 Å². The second-order valence-electron chi connectivity index (χ2n) is 4.72. The molecule has 2 rings (SSSR count). The van der Waals surface area contributed by atoms with E-state index in [-0.39, 0.29) is 0 Å². The molecule has 2 saturated heterocycles. The smallest absolute Gasteiger partial charge is 0.0593 e. The predicted octanol–water partition coefficient (Wildman–Crippen LogP) is 0.00240. The third-order valence-corrected chi connectivity index (χ3v) is 3.71. The SMILES string of the molecule is CCOCCN1CCN(C2CCNC2)CC1. The Bertz CT molecular complexity index is 187. The first-order valence-corrected chi connectivity index (χ1v) is 6.65. The number of nitrogens with one attached hydrogen (secondary N) is 1. The summed E-state index contributed by atoms with van der Waals surface area (Å²) < 4.78 is 5.40. The molecule has 1 unspecified atom stereocenters. The van der Waals surface area contributed by atoms with Crippen LogP contribution in [0.15, 0.2) is 0 Å². The number of hydrogen-bond acceptors (Lipinski definition) is 4. The van der Waals surface area contributed by atoms with E-state index >= 15 is 0 Å². The molecule has 0 spiro atoms. The van der Waals surface area contributed by atoms with Gasteiger partial charge >= 0.3 is 0 Å². The quantitative estimate of drug-likeness (QED) is 0.669. The lowest BCUT2D eigenvalue weighted by molar-refractivity contribution is 0.0678. The Balaban J connectivity index is 1.62. The maximum absolute atomic E-state index is 5.40. The van der Waals surface area contributed by atoms with Crippen LogP contribution >= 0.6 is 0 Å². The molecule has 0 bridgehead atoms. The molecule has 16 heavy (non-hydrogen) atoms. The summed E-state index contributed by atoms with van der Waals surface area (Å²) >= 11 is 0. The monoisotopic (exact) mass is 227 g/mol. The van der Waals surface area contributed by atoms with E-state index in [1.807, 2.05) is 0 Å². The van der Waals surface area contributed by atoms with Gasteiger partial charge in [0.05, 0.1) is 6.61 Å². The van der Waals surface area contributed by atoms with Gasteiger partial charge in [0, 0.05) is 51.9 Å². The first kappa shape index (κ1) is 12.3. The minimum Gasteiger partial charge on any atom is -0.380 e. The van der Waals surface area contributed by atoms with Crippen molar-refractivity contribution in [2.45, 2.75) is 19.4 Å². The second kappa shape index (κ2) is 6.55. The van der Waals surface area contributed by atoms with Crippen LogP contribution in [0.3, 0.4) is 0 Å². The standard InChI is InChI=1S/C12H25N3O/c1-2-16-10-9-14-5-7-15(8-6-14)12-3-4-13-11-12/h12-13H,2-11H2,1H3. The number of piperazine rings is 1. The summed E-state index contributed by atoms with van der Waals surface area (Å²) in [5.41, 5.74) is 0. The largest absolute Gasteiger partial charge is 0.380 e. The summed E-state index contributed by atoms with van der Waals surface area (Å²) in [7, 11) is 0. The molecule has 0 aromatic carbocycles. The molecule has 0 aromatic heterocycles. The van der Waals surface area contributed by atoms with E-state index in [9.17, 15) is 0 Å². The Hall–Kier alpha value is -0.160. The molecule has 0 amide bonds. The highest BCUT2D eigenvalue weighted by molar-refractivity contribution is 4.84. The van der Waals surface area contributed by atoms with Gasteiger partial charge < -0.3 is 10.1 Å². The topological polar surface area (TPSA) is 27.7 Å². The van der Waals surface area contributed by atoms with Crippen LogP contribution in [0.25, 0.3) is 0 Å². The number of nitrogens with zero attached hydrogens (tertiary/aromatic N) is 2. The summed E-state index contributed by atoms with van der Waals surface area (Å²) in [6.07, 6.45) is 1.33. The van der Waals surface area contributed by atoms with Gasteiger partial charge in [0.1, 0.15) is 0 Å². The van der Waals surface area contributed by atoms with Crippen molar-refractivity contribution in [3.63, 3.8) is 0 Å². The molecule has 1 N–H and O–H groups in total. The van der Waals surface area contributed by atoms with Crippen LogP contribution in [0, 0.1) is 0 Å². The zero-order valence-electron chi connectivity index (χ0n) is 10.5. The summed E-state index contributed by atoms with van der Waals surface area (Å²) in [6, 6.07) is 0.800. The lowest BCUT2D eigenvalue weighted by atomic mass is 10.2. The number of hydrogen-bond donors (Lipinski definition) is 1. The van der Waals surface area contributed by atoms with E-state index in [4.69, 9.17) is 4.74 Å². The van der Waals surface area contributed by atoms with Gasteiger partial charge in [-0.05, 0) is 19.9 Å². The first-order valence-electron chi connectivity index (χ1n) is 6.65. The lowest BCUT2D eigenvalue weighted by Crippen LogP contribution is -2.51. The third-order valence-electron chi connectivity index (χ3n) is 3.71. The van der Waals surface area contributed by atoms with Gasteiger partial charge in [-0.1, -0.05) is 0 Å². The Morgan fingerprint density at radius 3 is 2.69 bits per heavy atom. The Morgan fingerprint density at radius 2 is 2.06 bits per heavy atom. The van der Waals surface area contributed by atoms with Crippen LogP contribution in [0.1, 0.15) is 13.3 Å². The average Bonchev–Trinajstić information content (AvgIpc) is 2.84. The molecule has 0 aromatic rings. The normalized spacial score (nSPS) is 28.7. The van der Waals surface area contributed by atoms with E-state index in [0.717, 1.165) is 25.8 Å². The van der Waals surface area contributed by atoms with Crippen LogP contribution in [0.5, 0.6) is 0 Å². The van der Waals surface area contributed by atoms with Gasteiger partial charge in [0.15, 0.2) is 0 Å². The van der Waals surface area contributed by atoms with Gasteiger partial charge in [0.2, 0.25) is 0 Å². The van der Waals surface area contributed by atoms with Crippen molar-refractivity contribution >= 4 is 0 Å². The van der Waals surface area contributed by atoms with E-state index in [1.165, 1.54) is 45.7 Å². The molecular weight excluding hydrogens is 202 g/mol. The Kier molecular flexibility index (Phi) is 5.03. The molecule has 2 aliphatic heterocycles. The van der Waals surface area contributed by atoms with E-state index in [2.05, 4.69) is 22.0 Å². The summed E-state index contributed by atoms with van der Waals surface area (Å²) in [4.78, 5) is 5.17. The molecule has 2 fully saturated rings. The fourth-order valence-electron chi connectivity index (χ4n) is 2.64. The molecule has 2 aliphatic rings. The summed E-state index contributed by atoms with van der Waals surface area (Å²) in [6.45, 7) is 12.2. The van der Waals surface area contributed by atoms with Gasteiger partial charge in [-0.2, -0.15) is 0 Å².